The Kier molecular flexibility index (Phi) is 5.29. The second-order valence-corrected chi connectivity index (χ2v) is 7.34. The van der Waals surface area contributed by atoms with Crippen LogP contribution in [-0.4, -0.2) is 40.7 Å². The Bertz CT molecular complexity index is 1110. The molecule has 2 aromatic carbocycles. The number of anilines is 2. The van der Waals surface area contributed by atoms with E-state index in [1.807, 2.05) is 0 Å². The maximum Gasteiger partial charge on any atom is 0.573 e. The van der Waals surface area contributed by atoms with Gasteiger partial charge in [-0.1, -0.05) is 12.1 Å². The lowest BCUT2D eigenvalue weighted by molar-refractivity contribution is -0.274. The normalized spacial score (nSPS) is 16.1. The van der Waals surface area contributed by atoms with Gasteiger partial charge < -0.3 is 15.0 Å². The number of amides is 2. The van der Waals surface area contributed by atoms with Gasteiger partial charge in [0.25, 0.3) is 0 Å². The molecule has 0 saturated carbocycles. The van der Waals surface area contributed by atoms with E-state index in [1.54, 1.807) is 35.5 Å². The number of alkyl halides is 3. The summed E-state index contributed by atoms with van der Waals surface area (Å²) in [5, 5.41) is 2.67. The number of para-hydroxylation sites is 2. The van der Waals surface area contributed by atoms with E-state index in [0.29, 0.717) is 5.69 Å². The van der Waals surface area contributed by atoms with Crippen molar-refractivity contribution in [3.63, 3.8) is 0 Å². The van der Waals surface area contributed by atoms with E-state index in [0.717, 1.165) is 33.6 Å². The molecule has 2 N–H and O–H groups in total. The van der Waals surface area contributed by atoms with Gasteiger partial charge in [0, 0.05) is 18.5 Å². The number of benzene rings is 2. The maximum absolute atomic E-state index is 12.6. The molecule has 0 bridgehead atoms. The topological polar surface area (TPSA) is 82.6 Å². The summed E-state index contributed by atoms with van der Waals surface area (Å²) >= 11 is 1.61. The largest absolute Gasteiger partial charge is 0.573 e. The van der Waals surface area contributed by atoms with E-state index in [-0.39, 0.29) is 11.7 Å². The number of nitrogens with one attached hydrogen (secondary N) is 2. The minimum atomic E-state index is -4.86. The molecule has 0 spiro atoms. The number of thioether (sulfide) groups is 1. The van der Waals surface area contributed by atoms with Crippen molar-refractivity contribution in [2.24, 2.45) is 4.99 Å². The smallest absolute Gasteiger partial charge is 0.404 e. The molecule has 30 heavy (non-hydrogen) atoms. The summed E-state index contributed by atoms with van der Waals surface area (Å²) in [5.74, 6) is 1.09. The summed E-state index contributed by atoms with van der Waals surface area (Å²) in [6.45, 7) is 0. The average Bonchev–Trinajstić information content (AvgIpc) is 3.35. The Hall–Kier alpha value is -3.21. The number of carbonyl (C=O) groups is 1. The molecule has 1 unspecified atom stereocenters. The standard InChI is InChI=1S/C19H16F3N5O2S/c1-27(15-4-2-3-5-16(15)29-19(20,21)22)18(28)24-11-6-7-12-13(8-11)26-17(25-12)14-9-30-10-23-14/h2-8,10,14H,9H2,1H3,(H,24,28)(H,25,26). The second-order valence-electron chi connectivity index (χ2n) is 6.46. The minimum absolute atomic E-state index is 0.0196. The molecule has 7 nitrogen and oxygen atoms in total. The van der Waals surface area contributed by atoms with Gasteiger partial charge >= 0.3 is 12.4 Å². The van der Waals surface area contributed by atoms with Gasteiger partial charge in [-0.25, -0.2) is 9.78 Å². The Morgan fingerprint density at radius 2 is 2.10 bits per heavy atom. The van der Waals surface area contributed by atoms with Gasteiger partial charge in [0.1, 0.15) is 11.9 Å². The zero-order valence-electron chi connectivity index (χ0n) is 15.6. The van der Waals surface area contributed by atoms with Crippen molar-refractivity contribution in [3.8, 4) is 5.75 Å². The number of imidazole rings is 1. The molecule has 3 aromatic rings. The predicted octanol–water partition coefficient (Wildman–Crippen LogP) is 4.95. The van der Waals surface area contributed by atoms with Crippen LogP contribution in [0.5, 0.6) is 5.75 Å². The molecule has 156 valence electrons. The van der Waals surface area contributed by atoms with E-state index in [9.17, 15) is 18.0 Å². The van der Waals surface area contributed by atoms with Crippen LogP contribution < -0.4 is 15.0 Å². The number of ether oxygens (including phenoxy) is 1. The number of aliphatic imine (C=N–C) groups is 1. The van der Waals surface area contributed by atoms with Crippen molar-refractivity contribution in [1.82, 2.24) is 9.97 Å². The number of carbonyl (C=O) groups excluding carboxylic acids is 1. The van der Waals surface area contributed by atoms with Gasteiger partial charge in [0.2, 0.25) is 0 Å². The number of rotatable bonds is 4. The van der Waals surface area contributed by atoms with Crippen LogP contribution >= 0.6 is 11.8 Å². The van der Waals surface area contributed by atoms with E-state index in [4.69, 9.17) is 0 Å². The third kappa shape index (κ3) is 4.35. The van der Waals surface area contributed by atoms with E-state index in [1.165, 1.54) is 25.2 Å². The molecule has 4 rings (SSSR count). The fourth-order valence-electron chi connectivity index (χ4n) is 2.97. The fraction of sp³-hybridized carbons (Fsp3) is 0.211. The van der Waals surface area contributed by atoms with Crippen LogP contribution in [0.15, 0.2) is 47.5 Å². The third-order valence-corrected chi connectivity index (χ3v) is 5.17. The summed E-state index contributed by atoms with van der Waals surface area (Å²) in [6, 6.07) is 9.90. The first-order chi connectivity index (χ1) is 14.3. The highest BCUT2D eigenvalue weighted by Gasteiger charge is 2.33. The molecule has 11 heteroatoms. The van der Waals surface area contributed by atoms with Crippen LogP contribution in [0.2, 0.25) is 0 Å². The Morgan fingerprint density at radius 3 is 2.83 bits per heavy atom. The van der Waals surface area contributed by atoms with Gasteiger partial charge in [0.15, 0.2) is 5.75 Å². The number of H-pyrrole nitrogens is 1. The van der Waals surface area contributed by atoms with Gasteiger partial charge in [-0.3, -0.25) is 9.89 Å². The van der Waals surface area contributed by atoms with Crippen LogP contribution in [0.3, 0.4) is 0 Å². The van der Waals surface area contributed by atoms with E-state index >= 15 is 0 Å². The molecular formula is C19H16F3N5O2S. The van der Waals surface area contributed by atoms with Crippen molar-refractivity contribution in [1.29, 1.82) is 0 Å². The fourth-order valence-corrected chi connectivity index (χ4v) is 3.72. The monoisotopic (exact) mass is 435 g/mol. The molecule has 1 aliphatic rings. The van der Waals surface area contributed by atoms with Crippen LogP contribution in [0.4, 0.5) is 29.3 Å². The van der Waals surface area contributed by atoms with Crippen molar-refractivity contribution in [2.45, 2.75) is 12.4 Å². The number of nitrogens with zero attached hydrogens (tertiary/aromatic N) is 3. The van der Waals surface area contributed by atoms with E-state index in [2.05, 4.69) is 25.0 Å². The lowest BCUT2D eigenvalue weighted by Crippen LogP contribution is -2.32. The number of hydrogen-bond donors (Lipinski definition) is 2. The molecule has 1 atom stereocenters. The third-order valence-electron chi connectivity index (χ3n) is 4.39. The highest BCUT2D eigenvalue weighted by Crippen LogP contribution is 2.32. The minimum Gasteiger partial charge on any atom is -0.404 e. The van der Waals surface area contributed by atoms with Crippen molar-refractivity contribution >= 4 is 45.7 Å². The van der Waals surface area contributed by atoms with Crippen molar-refractivity contribution in [3.05, 3.63) is 48.3 Å². The Labute approximate surface area is 173 Å². The van der Waals surface area contributed by atoms with Crippen molar-refractivity contribution < 1.29 is 22.7 Å². The second kappa shape index (κ2) is 7.90. The number of aromatic amines is 1. The van der Waals surface area contributed by atoms with Gasteiger partial charge in [-0.15, -0.1) is 24.9 Å². The number of aromatic nitrogens is 2. The lowest BCUT2D eigenvalue weighted by atomic mass is 10.2. The average molecular weight is 435 g/mol. The molecular weight excluding hydrogens is 419 g/mol. The zero-order chi connectivity index (χ0) is 21.3. The van der Waals surface area contributed by atoms with Crippen LogP contribution in [0.25, 0.3) is 11.0 Å². The summed E-state index contributed by atoms with van der Waals surface area (Å²) in [4.78, 5) is 25.7. The molecule has 1 aromatic heterocycles. The first-order valence-electron chi connectivity index (χ1n) is 8.82. The van der Waals surface area contributed by atoms with Gasteiger partial charge in [-0.05, 0) is 30.3 Å². The molecule has 0 fully saturated rings. The molecule has 0 saturated heterocycles. The first kappa shape index (κ1) is 20.1. The molecule has 2 heterocycles. The maximum atomic E-state index is 12.6. The highest BCUT2D eigenvalue weighted by molar-refractivity contribution is 8.12. The van der Waals surface area contributed by atoms with Crippen LogP contribution in [0, 0.1) is 0 Å². The molecule has 1 aliphatic heterocycles. The Balaban J connectivity index is 1.52. The number of hydrogen-bond acceptors (Lipinski definition) is 5. The SMILES string of the molecule is CN(C(=O)Nc1ccc2nc(C3CSC=N3)[nH]c2c1)c1ccccc1OC(F)(F)F. The molecule has 0 aliphatic carbocycles. The van der Waals surface area contributed by atoms with Gasteiger partial charge in [-0.2, -0.15) is 0 Å². The number of urea groups is 1. The van der Waals surface area contributed by atoms with E-state index < -0.39 is 18.1 Å². The summed E-state index contributed by atoms with van der Waals surface area (Å²) in [6.07, 6.45) is -4.86. The predicted molar refractivity (Wildman–Crippen MR) is 110 cm³/mol. The van der Waals surface area contributed by atoms with Crippen LogP contribution in [-0.2, 0) is 0 Å². The number of fused-ring (bicyclic) bond motifs is 1. The van der Waals surface area contributed by atoms with Gasteiger partial charge in [0.05, 0.1) is 22.3 Å². The summed E-state index contributed by atoms with van der Waals surface area (Å²) in [5.41, 5.74) is 3.69. The highest BCUT2D eigenvalue weighted by atomic mass is 32.2. The molecule has 2 amide bonds. The van der Waals surface area contributed by atoms with Crippen molar-refractivity contribution in [2.75, 3.05) is 23.0 Å². The lowest BCUT2D eigenvalue weighted by Gasteiger charge is -2.21. The summed E-state index contributed by atoms with van der Waals surface area (Å²) in [7, 11) is 1.36. The first-order valence-corrected chi connectivity index (χ1v) is 9.87. The van der Waals surface area contributed by atoms with Crippen LogP contribution in [0.1, 0.15) is 11.9 Å². The summed E-state index contributed by atoms with van der Waals surface area (Å²) < 4.78 is 41.9. The zero-order valence-corrected chi connectivity index (χ0v) is 16.4. The molecule has 0 radical (unpaired) electrons. The number of halogens is 3. The quantitative estimate of drug-likeness (QED) is 0.608. The Morgan fingerprint density at radius 1 is 1.30 bits per heavy atom.